The normalized spacial score (nSPS) is 27.3. The average Bonchev–Trinajstić information content (AvgIpc) is 3.10. The molecule has 2 heterocycles. The summed E-state index contributed by atoms with van der Waals surface area (Å²) in [6.07, 6.45) is 3.78. The molecule has 2 fully saturated rings. The zero-order valence-electron chi connectivity index (χ0n) is 28.9. The van der Waals surface area contributed by atoms with Gasteiger partial charge in [-0.3, -0.25) is 9.59 Å². The van der Waals surface area contributed by atoms with E-state index in [9.17, 15) is 19.8 Å². The summed E-state index contributed by atoms with van der Waals surface area (Å²) in [5, 5.41) is 24.8. The van der Waals surface area contributed by atoms with E-state index in [0.29, 0.717) is 30.9 Å². The van der Waals surface area contributed by atoms with Crippen molar-refractivity contribution in [1.29, 1.82) is 0 Å². The number of piperidine rings is 2. The van der Waals surface area contributed by atoms with Gasteiger partial charge in [0.15, 0.2) is 0 Å². The van der Waals surface area contributed by atoms with Gasteiger partial charge in [0.05, 0.1) is 17.9 Å². The zero-order valence-corrected chi connectivity index (χ0v) is 28.9. The van der Waals surface area contributed by atoms with E-state index in [-0.39, 0.29) is 11.8 Å². The molecule has 8 heteroatoms. The van der Waals surface area contributed by atoms with Crippen LogP contribution in [0.4, 0.5) is 0 Å². The van der Waals surface area contributed by atoms with E-state index in [4.69, 9.17) is 9.47 Å². The number of nitrogens with zero attached hydrogens (tertiary/aromatic N) is 1. The molecule has 0 bridgehead atoms. The number of benzene rings is 3. The van der Waals surface area contributed by atoms with Crippen LogP contribution in [0.15, 0.2) is 84.9 Å². The summed E-state index contributed by atoms with van der Waals surface area (Å²) in [4.78, 5) is 28.8. The van der Waals surface area contributed by atoms with E-state index >= 15 is 0 Å². The molecule has 0 aliphatic carbocycles. The molecule has 2 saturated heterocycles. The maximum absolute atomic E-state index is 13.3. The van der Waals surface area contributed by atoms with Gasteiger partial charge in [0.1, 0.15) is 5.75 Å². The number of nitrogens with one attached hydrogen (secondary N) is 1. The number of carbonyl (C=O) groups is 2. The van der Waals surface area contributed by atoms with Gasteiger partial charge in [0, 0.05) is 43.2 Å². The third-order valence-corrected chi connectivity index (χ3v) is 11.6. The molecule has 0 saturated carbocycles. The first kappa shape index (κ1) is 35.6. The summed E-state index contributed by atoms with van der Waals surface area (Å²) >= 11 is 0. The fourth-order valence-corrected chi connectivity index (χ4v) is 8.70. The van der Waals surface area contributed by atoms with Gasteiger partial charge < -0.3 is 29.9 Å². The van der Waals surface area contributed by atoms with Crippen LogP contribution in [0.1, 0.15) is 75.5 Å². The Morgan fingerprint density at radius 2 is 1.38 bits per heavy atom. The van der Waals surface area contributed by atoms with Crippen LogP contribution in [0.2, 0.25) is 0 Å². The van der Waals surface area contributed by atoms with E-state index in [1.807, 2.05) is 32.0 Å². The molecule has 0 radical (unpaired) electrons. The molecule has 0 spiro atoms. The van der Waals surface area contributed by atoms with Crippen LogP contribution in [0, 0.1) is 10.8 Å². The predicted octanol–water partition coefficient (Wildman–Crippen LogP) is 6.59. The number of likely N-dealkylation sites (tertiary alicyclic amines) is 1. The Kier molecular flexibility index (Phi) is 11.3. The molecule has 258 valence electrons. The molecule has 3 aromatic carbocycles. The molecule has 3 aromatic rings. The summed E-state index contributed by atoms with van der Waals surface area (Å²) in [5.74, 6) is -2.37. The minimum Gasteiger partial charge on any atom is -0.496 e. The Morgan fingerprint density at radius 1 is 0.812 bits per heavy atom. The molecule has 8 nitrogen and oxygen atoms in total. The smallest absolute Gasteiger partial charge is 0.311 e. The largest absolute Gasteiger partial charge is 0.496 e. The highest BCUT2D eigenvalue weighted by molar-refractivity contribution is 5.84. The third kappa shape index (κ3) is 6.63. The number of para-hydroxylation sites is 1. The van der Waals surface area contributed by atoms with Crippen LogP contribution in [-0.2, 0) is 19.7 Å². The predicted molar refractivity (Wildman–Crippen MR) is 188 cm³/mol. The molecule has 2 aliphatic rings. The van der Waals surface area contributed by atoms with E-state index < -0.39 is 40.8 Å². The number of carboxylic acids is 2. The zero-order chi connectivity index (χ0) is 34.4. The van der Waals surface area contributed by atoms with Crippen molar-refractivity contribution in [2.24, 2.45) is 10.8 Å². The van der Waals surface area contributed by atoms with Crippen molar-refractivity contribution in [3.63, 3.8) is 0 Å². The van der Waals surface area contributed by atoms with Gasteiger partial charge in [0.25, 0.3) is 0 Å². The number of aliphatic carboxylic acids is 2. The monoisotopic (exact) mass is 656 g/mol. The van der Waals surface area contributed by atoms with Crippen molar-refractivity contribution in [1.82, 2.24) is 10.2 Å². The fourth-order valence-electron chi connectivity index (χ4n) is 8.70. The second kappa shape index (κ2) is 15.2. The molecular formula is C40H52N2O6. The highest BCUT2D eigenvalue weighted by Crippen LogP contribution is 2.58. The Hall–Kier alpha value is -3.72. The van der Waals surface area contributed by atoms with E-state index in [1.165, 1.54) is 18.2 Å². The van der Waals surface area contributed by atoms with Crippen LogP contribution in [-0.4, -0.2) is 79.1 Å². The van der Waals surface area contributed by atoms with Gasteiger partial charge in [-0.25, -0.2) is 0 Å². The Morgan fingerprint density at radius 3 is 1.94 bits per heavy atom. The SMILES string of the molecule is COc1ccccc1C1C(C)(C(=O)O)C(C)NC(C)C1(CCCOCCCN1CCC(c2ccccc2)(c2ccccc2)CC1)C(=O)O. The van der Waals surface area contributed by atoms with Crippen LogP contribution < -0.4 is 10.1 Å². The summed E-state index contributed by atoms with van der Waals surface area (Å²) in [6, 6.07) is 28.0. The Labute approximate surface area is 285 Å². The van der Waals surface area contributed by atoms with Crippen LogP contribution in [0.5, 0.6) is 5.75 Å². The number of carboxylic acid groups (broad SMARTS) is 2. The fraction of sp³-hybridized carbons (Fsp3) is 0.500. The van der Waals surface area contributed by atoms with Crippen LogP contribution in [0.3, 0.4) is 0 Å². The number of methoxy groups -OCH3 is 1. The van der Waals surface area contributed by atoms with E-state index in [2.05, 4.69) is 70.9 Å². The first-order chi connectivity index (χ1) is 23.1. The van der Waals surface area contributed by atoms with Crippen molar-refractivity contribution < 1.29 is 29.3 Å². The quantitative estimate of drug-likeness (QED) is 0.167. The molecular weight excluding hydrogens is 604 g/mol. The average molecular weight is 657 g/mol. The maximum atomic E-state index is 13.3. The first-order valence-corrected chi connectivity index (χ1v) is 17.4. The lowest BCUT2D eigenvalue weighted by molar-refractivity contribution is -0.171. The van der Waals surface area contributed by atoms with Crippen molar-refractivity contribution in [2.45, 2.75) is 76.3 Å². The summed E-state index contributed by atoms with van der Waals surface area (Å²) < 4.78 is 11.7. The summed E-state index contributed by atoms with van der Waals surface area (Å²) in [7, 11) is 1.54. The van der Waals surface area contributed by atoms with E-state index in [0.717, 1.165) is 38.9 Å². The van der Waals surface area contributed by atoms with Gasteiger partial charge in [-0.1, -0.05) is 78.9 Å². The number of ether oxygens (including phenoxy) is 2. The second-order valence-electron chi connectivity index (χ2n) is 13.9. The maximum Gasteiger partial charge on any atom is 0.311 e. The number of rotatable bonds is 14. The second-order valence-corrected chi connectivity index (χ2v) is 13.9. The highest BCUT2D eigenvalue weighted by Gasteiger charge is 2.65. The molecule has 3 N–H and O–H groups in total. The Bertz CT molecular complexity index is 1470. The van der Waals surface area contributed by atoms with Crippen molar-refractivity contribution in [3.8, 4) is 5.75 Å². The third-order valence-electron chi connectivity index (χ3n) is 11.6. The van der Waals surface area contributed by atoms with Crippen molar-refractivity contribution >= 4 is 11.9 Å². The lowest BCUT2D eigenvalue weighted by Gasteiger charge is -2.56. The van der Waals surface area contributed by atoms with E-state index in [1.54, 1.807) is 13.0 Å². The van der Waals surface area contributed by atoms with Gasteiger partial charge in [-0.05, 0) is 88.7 Å². The molecule has 2 aliphatic heterocycles. The molecule has 5 unspecified atom stereocenters. The molecule has 5 atom stereocenters. The standard InChI is InChI=1S/C40H52N2O6/c1-29-38(3,36(43)44)35(33-19-11-12-20-34(33)47-4)40(37(45)46,30(2)41-29)21-13-27-48-28-14-24-42-25-22-39(23-26-42,31-15-7-5-8-16-31)32-17-9-6-10-18-32/h5-12,15-20,29-30,35,41H,13-14,21-28H2,1-4H3,(H,43,44)(H,45,46). The van der Waals surface area contributed by atoms with Crippen molar-refractivity contribution in [3.05, 3.63) is 102 Å². The molecule has 5 rings (SSSR count). The molecule has 0 aromatic heterocycles. The van der Waals surface area contributed by atoms with Gasteiger partial charge in [-0.15, -0.1) is 0 Å². The molecule has 0 amide bonds. The minimum atomic E-state index is -1.40. The topological polar surface area (TPSA) is 108 Å². The van der Waals surface area contributed by atoms with Crippen molar-refractivity contribution in [2.75, 3.05) is 40.0 Å². The highest BCUT2D eigenvalue weighted by atomic mass is 16.5. The number of hydrogen-bond acceptors (Lipinski definition) is 6. The minimum absolute atomic E-state index is 0.0247. The molecule has 48 heavy (non-hydrogen) atoms. The lowest BCUT2D eigenvalue weighted by atomic mass is 9.51. The lowest BCUT2D eigenvalue weighted by Crippen LogP contribution is -2.68. The Balaban J connectivity index is 1.19. The van der Waals surface area contributed by atoms with Crippen LogP contribution in [0.25, 0.3) is 0 Å². The number of hydrogen-bond donors (Lipinski definition) is 3. The first-order valence-electron chi connectivity index (χ1n) is 17.4. The van der Waals surface area contributed by atoms with Gasteiger partial charge in [0.2, 0.25) is 0 Å². The van der Waals surface area contributed by atoms with Gasteiger partial charge >= 0.3 is 11.9 Å². The van der Waals surface area contributed by atoms with Crippen LogP contribution >= 0.6 is 0 Å². The summed E-state index contributed by atoms with van der Waals surface area (Å²) in [5.41, 5.74) is 0.608. The van der Waals surface area contributed by atoms with Gasteiger partial charge in [-0.2, -0.15) is 0 Å². The summed E-state index contributed by atoms with van der Waals surface area (Å²) in [6.45, 7) is 9.32.